The second-order valence-electron chi connectivity index (χ2n) is 6.32. The molecular weight excluding hydrogens is 228 g/mol. The van der Waals surface area contributed by atoms with Crippen LogP contribution in [-0.4, -0.2) is 23.2 Å². The lowest BCUT2D eigenvalue weighted by atomic mass is 10.0. The summed E-state index contributed by atoms with van der Waals surface area (Å²) in [7, 11) is 0. The fourth-order valence-corrected chi connectivity index (χ4v) is 3.48. The van der Waals surface area contributed by atoms with E-state index in [1.807, 2.05) is 6.92 Å². The van der Waals surface area contributed by atoms with Crippen molar-refractivity contribution >= 4 is 6.01 Å². The molecule has 0 amide bonds. The van der Waals surface area contributed by atoms with Gasteiger partial charge < -0.3 is 14.4 Å². The van der Waals surface area contributed by atoms with Gasteiger partial charge in [-0.15, -0.1) is 0 Å². The zero-order chi connectivity index (χ0) is 12.9. The van der Waals surface area contributed by atoms with Crippen molar-refractivity contribution < 1.29 is 9.52 Å². The molecule has 18 heavy (non-hydrogen) atoms. The first-order valence-corrected chi connectivity index (χ1v) is 6.90. The Morgan fingerprint density at radius 2 is 1.89 bits per heavy atom. The van der Waals surface area contributed by atoms with E-state index in [0.717, 1.165) is 30.7 Å². The molecule has 4 nitrogen and oxygen atoms in total. The summed E-state index contributed by atoms with van der Waals surface area (Å²) in [5.41, 5.74) is -0.268. The number of rotatable bonds is 2. The van der Waals surface area contributed by atoms with Crippen LogP contribution in [-0.2, 0) is 5.60 Å². The third-order valence-corrected chi connectivity index (χ3v) is 4.36. The number of aryl methyl sites for hydroxylation is 1. The zero-order valence-corrected chi connectivity index (χ0v) is 11.4. The average molecular weight is 250 g/mol. The topological polar surface area (TPSA) is 49.5 Å². The van der Waals surface area contributed by atoms with Crippen LogP contribution in [0.3, 0.4) is 0 Å². The molecule has 2 fully saturated rings. The van der Waals surface area contributed by atoms with Gasteiger partial charge in [0.05, 0.1) is 0 Å². The van der Waals surface area contributed by atoms with Crippen molar-refractivity contribution in [3.05, 3.63) is 11.5 Å². The summed E-state index contributed by atoms with van der Waals surface area (Å²) >= 11 is 0. The molecule has 1 N–H and O–H groups in total. The quantitative estimate of drug-likeness (QED) is 0.876. The average Bonchev–Trinajstić information content (AvgIpc) is 2.86. The number of hydrogen-bond donors (Lipinski definition) is 1. The molecule has 2 unspecified atom stereocenters. The van der Waals surface area contributed by atoms with E-state index in [-0.39, 0.29) is 0 Å². The molecule has 2 atom stereocenters. The standard InChI is InChI=1S/C14H22N2O2/c1-9-12(14(2,3)17)15-13(18-9)16-7-10-5-4-6-11(10)8-16/h10-11,17H,4-8H2,1-3H3. The van der Waals surface area contributed by atoms with Gasteiger partial charge in [0.15, 0.2) is 0 Å². The number of fused-ring (bicyclic) bond motifs is 1. The molecule has 2 heterocycles. The Morgan fingerprint density at radius 3 is 2.39 bits per heavy atom. The smallest absolute Gasteiger partial charge is 0.297 e. The van der Waals surface area contributed by atoms with E-state index in [0.29, 0.717) is 11.7 Å². The van der Waals surface area contributed by atoms with Crippen LogP contribution in [0, 0.1) is 18.8 Å². The summed E-state index contributed by atoms with van der Waals surface area (Å²) in [6.07, 6.45) is 4.07. The fraction of sp³-hybridized carbons (Fsp3) is 0.786. The highest BCUT2D eigenvalue weighted by Crippen LogP contribution is 2.40. The van der Waals surface area contributed by atoms with Crippen LogP contribution < -0.4 is 4.90 Å². The Hall–Kier alpha value is -1.03. The van der Waals surface area contributed by atoms with E-state index in [1.165, 1.54) is 19.3 Å². The third kappa shape index (κ3) is 1.92. The first-order chi connectivity index (χ1) is 8.45. The lowest BCUT2D eigenvalue weighted by Crippen LogP contribution is -2.22. The van der Waals surface area contributed by atoms with Gasteiger partial charge in [0.25, 0.3) is 6.01 Å². The molecule has 1 aliphatic carbocycles. The maximum Gasteiger partial charge on any atom is 0.297 e. The third-order valence-electron chi connectivity index (χ3n) is 4.36. The number of aliphatic hydroxyl groups is 1. The zero-order valence-electron chi connectivity index (χ0n) is 11.4. The summed E-state index contributed by atoms with van der Waals surface area (Å²) in [6, 6.07) is 0.694. The molecule has 1 saturated carbocycles. The van der Waals surface area contributed by atoms with Crippen LogP contribution in [0.4, 0.5) is 6.01 Å². The predicted octanol–water partition coefficient (Wildman–Crippen LogP) is 2.45. The molecule has 1 aliphatic heterocycles. The second kappa shape index (κ2) is 3.98. The largest absolute Gasteiger partial charge is 0.429 e. The highest BCUT2D eigenvalue weighted by molar-refractivity contribution is 5.34. The summed E-state index contributed by atoms with van der Waals surface area (Å²) in [5, 5.41) is 10.0. The van der Waals surface area contributed by atoms with Gasteiger partial charge in [0, 0.05) is 13.1 Å². The van der Waals surface area contributed by atoms with E-state index < -0.39 is 5.60 Å². The number of nitrogens with zero attached hydrogens (tertiary/aromatic N) is 2. The molecule has 0 bridgehead atoms. The minimum atomic E-state index is -0.929. The molecule has 0 aromatic carbocycles. The highest BCUT2D eigenvalue weighted by atomic mass is 16.4. The van der Waals surface area contributed by atoms with Gasteiger partial charge in [0.2, 0.25) is 0 Å². The molecule has 0 spiro atoms. The SMILES string of the molecule is Cc1oc(N2CC3CCCC3C2)nc1C(C)(C)O. The van der Waals surface area contributed by atoms with Crippen LogP contribution >= 0.6 is 0 Å². The van der Waals surface area contributed by atoms with Gasteiger partial charge in [-0.1, -0.05) is 6.42 Å². The van der Waals surface area contributed by atoms with E-state index in [9.17, 15) is 5.11 Å². The van der Waals surface area contributed by atoms with Gasteiger partial charge >= 0.3 is 0 Å². The van der Waals surface area contributed by atoms with Gasteiger partial charge in [0.1, 0.15) is 17.1 Å². The van der Waals surface area contributed by atoms with Crippen LogP contribution in [0.25, 0.3) is 0 Å². The van der Waals surface area contributed by atoms with E-state index in [2.05, 4.69) is 9.88 Å². The normalized spacial score (nSPS) is 27.9. The molecule has 2 aliphatic rings. The Labute approximate surface area is 108 Å². The molecular formula is C14H22N2O2. The molecule has 1 aromatic heterocycles. The van der Waals surface area contributed by atoms with Crippen molar-refractivity contribution in [2.75, 3.05) is 18.0 Å². The van der Waals surface area contributed by atoms with Crippen molar-refractivity contribution in [1.82, 2.24) is 4.98 Å². The Morgan fingerprint density at radius 1 is 1.28 bits per heavy atom. The number of anilines is 1. The van der Waals surface area contributed by atoms with Gasteiger partial charge in [-0.2, -0.15) is 4.98 Å². The predicted molar refractivity (Wildman–Crippen MR) is 69.5 cm³/mol. The minimum Gasteiger partial charge on any atom is -0.429 e. The van der Waals surface area contributed by atoms with Crippen LogP contribution in [0.1, 0.15) is 44.6 Å². The highest BCUT2D eigenvalue weighted by Gasteiger charge is 2.38. The first-order valence-electron chi connectivity index (χ1n) is 6.90. The van der Waals surface area contributed by atoms with Crippen LogP contribution in [0.5, 0.6) is 0 Å². The maximum atomic E-state index is 10.0. The maximum absolute atomic E-state index is 10.0. The van der Waals surface area contributed by atoms with E-state index >= 15 is 0 Å². The van der Waals surface area contributed by atoms with Gasteiger partial charge in [-0.3, -0.25) is 0 Å². The first kappa shape index (κ1) is 12.0. The number of aromatic nitrogens is 1. The fourth-order valence-electron chi connectivity index (χ4n) is 3.48. The molecule has 1 aromatic rings. The summed E-state index contributed by atoms with van der Waals surface area (Å²) in [6.45, 7) is 7.51. The van der Waals surface area contributed by atoms with E-state index in [1.54, 1.807) is 13.8 Å². The van der Waals surface area contributed by atoms with E-state index in [4.69, 9.17) is 4.42 Å². The van der Waals surface area contributed by atoms with Gasteiger partial charge in [-0.05, 0) is 45.4 Å². The molecule has 4 heteroatoms. The Balaban J connectivity index is 1.82. The number of hydrogen-bond acceptors (Lipinski definition) is 4. The molecule has 3 rings (SSSR count). The van der Waals surface area contributed by atoms with Crippen molar-refractivity contribution in [3.8, 4) is 0 Å². The van der Waals surface area contributed by atoms with Crippen LogP contribution in [0.2, 0.25) is 0 Å². The lowest BCUT2D eigenvalue weighted by Gasteiger charge is -2.15. The minimum absolute atomic E-state index is 0.662. The molecule has 1 saturated heterocycles. The summed E-state index contributed by atoms with van der Waals surface area (Å²) in [5.74, 6) is 2.38. The van der Waals surface area contributed by atoms with Gasteiger partial charge in [-0.25, -0.2) is 0 Å². The Bertz CT molecular complexity index is 435. The molecule has 0 radical (unpaired) electrons. The Kier molecular flexibility index (Phi) is 2.66. The van der Waals surface area contributed by atoms with Crippen LogP contribution in [0.15, 0.2) is 4.42 Å². The summed E-state index contributed by atoms with van der Waals surface area (Å²) in [4.78, 5) is 6.75. The van der Waals surface area contributed by atoms with Crippen molar-refractivity contribution in [3.63, 3.8) is 0 Å². The number of oxazole rings is 1. The van der Waals surface area contributed by atoms with Crippen molar-refractivity contribution in [1.29, 1.82) is 0 Å². The summed E-state index contributed by atoms with van der Waals surface area (Å²) < 4.78 is 5.75. The second-order valence-corrected chi connectivity index (χ2v) is 6.32. The van der Waals surface area contributed by atoms with Crippen molar-refractivity contribution in [2.45, 2.75) is 45.6 Å². The lowest BCUT2D eigenvalue weighted by molar-refractivity contribution is 0.0728. The molecule has 100 valence electrons. The monoisotopic (exact) mass is 250 g/mol. The van der Waals surface area contributed by atoms with Crippen molar-refractivity contribution in [2.24, 2.45) is 11.8 Å².